The largest absolute Gasteiger partial charge is 0.432 e. The van der Waals surface area contributed by atoms with Crippen LogP contribution in [0.2, 0.25) is 0 Å². The minimum absolute atomic E-state index is 0.412. The molecule has 2 N–H and O–H groups in total. The summed E-state index contributed by atoms with van der Waals surface area (Å²) < 4.78 is 64.8. The number of alkyl halides is 5. The Hall–Kier alpha value is -1.05. The summed E-state index contributed by atoms with van der Waals surface area (Å²) in [7, 11) is 0. The van der Waals surface area contributed by atoms with Crippen molar-refractivity contribution in [3.63, 3.8) is 0 Å². The highest BCUT2D eigenvalue weighted by molar-refractivity contribution is 9.10. The molecule has 0 heterocycles. The normalized spacial score (nSPS) is 11.9. The highest BCUT2D eigenvalue weighted by atomic mass is 79.9. The molecule has 8 heteroatoms. The third kappa shape index (κ3) is 2.75. The quantitative estimate of drug-likeness (QED) is 0.668. The highest BCUT2D eigenvalue weighted by Gasteiger charge is 2.38. The molecule has 0 saturated heterocycles. The maximum Gasteiger partial charge on any atom is 0.421 e. The monoisotopic (exact) mass is 305 g/mol. The summed E-state index contributed by atoms with van der Waals surface area (Å²) >= 11 is 2.61. The van der Waals surface area contributed by atoms with E-state index in [4.69, 9.17) is 5.73 Å². The van der Waals surface area contributed by atoms with Gasteiger partial charge in [-0.05, 0) is 12.1 Å². The fourth-order valence-electron chi connectivity index (χ4n) is 1.05. The summed E-state index contributed by atoms with van der Waals surface area (Å²) in [4.78, 5) is 0. The molecular formula is C8H5BrF5NO. The van der Waals surface area contributed by atoms with Gasteiger partial charge in [0.15, 0.2) is 5.75 Å². The lowest BCUT2D eigenvalue weighted by Crippen LogP contribution is -2.14. The predicted octanol–water partition coefficient (Wildman–Crippen LogP) is 3.65. The second-order valence-electron chi connectivity index (χ2n) is 2.72. The van der Waals surface area contributed by atoms with Crippen molar-refractivity contribution in [2.75, 3.05) is 5.73 Å². The van der Waals surface area contributed by atoms with Crippen molar-refractivity contribution in [3.8, 4) is 5.75 Å². The van der Waals surface area contributed by atoms with E-state index in [1.165, 1.54) is 0 Å². The average molecular weight is 306 g/mol. The fourth-order valence-corrected chi connectivity index (χ4v) is 1.59. The maximum atomic E-state index is 12.5. The molecule has 0 fully saturated rings. The number of anilines is 1. The zero-order valence-electron chi connectivity index (χ0n) is 7.49. The first-order valence-electron chi connectivity index (χ1n) is 3.83. The molecule has 0 atom stereocenters. The van der Waals surface area contributed by atoms with Gasteiger partial charge in [-0.3, -0.25) is 0 Å². The minimum atomic E-state index is -4.83. The summed E-state index contributed by atoms with van der Waals surface area (Å²) in [6, 6.07) is 2.05. The number of halogens is 6. The molecule has 1 aromatic rings. The summed E-state index contributed by atoms with van der Waals surface area (Å²) in [5, 5.41) is 0. The SMILES string of the molecule is Nc1ccc(Br)c(C(F)(F)F)c1OC(F)F. The Morgan fingerprint density at radius 1 is 1.25 bits per heavy atom. The van der Waals surface area contributed by atoms with Crippen LogP contribution in [0.4, 0.5) is 27.6 Å². The Labute approximate surface area is 95.3 Å². The lowest BCUT2D eigenvalue weighted by Gasteiger charge is -2.16. The van der Waals surface area contributed by atoms with Gasteiger partial charge in [-0.2, -0.15) is 22.0 Å². The van der Waals surface area contributed by atoms with E-state index in [0.717, 1.165) is 12.1 Å². The number of ether oxygens (including phenoxy) is 1. The van der Waals surface area contributed by atoms with Crippen LogP contribution < -0.4 is 10.5 Å². The molecule has 90 valence electrons. The van der Waals surface area contributed by atoms with Crippen molar-refractivity contribution in [2.24, 2.45) is 0 Å². The molecule has 0 amide bonds. The first-order chi connectivity index (χ1) is 7.23. The zero-order valence-corrected chi connectivity index (χ0v) is 9.07. The number of nitrogens with two attached hydrogens (primary N) is 1. The second kappa shape index (κ2) is 4.44. The van der Waals surface area contributed by atoms with Gasteiger partial charge in [0.2, 0.25) is 0 Å². The minimum Gasteiger partial charge on any atom is -0.432 e. The zero-order chi connectivity index (χ0) is 12.5. The second-order valence-corrected chi connectivity index (χ2v) is 3.57. The van der Waals surface area contributed by atoms with Crippen LogP contribution in [0, 0.1) is 0 Å². The summed E-state index contributed by atoms with van der Waals surface area (Å²) in [6.07, 6.45) is -4.83. The molecule has 0 spiro atoms. The van der Waals surface area contributed by atoms with Crippen LogP contribution in [0.15, 0.2) is 16.6 Å². The van der Waals surface area contributed by atoms with Gasteiger partial charge in [0, 0.05) is 4.47 Å². The Morgan fingerprint density at radius 3 is 2.25 bits per heavy atom. The van der Waals surface area contributed by atoms with E-state index in [0.29, 0.717) is 0 Å². The molecule has 0 radical (unpaired) electrons. The van der Waals surface area contributed by atoms with Crippen molar-refractivity contribution in [1.29, 1.82) is 0 Å². The topological polar surface area (TPSA) is 35.2 Å². The van der Waals surface area contributed by atoms with Crippen LogP contribution in [0.5, 0.6) is 5.75 Å². The lowest BCUT2D eigenvalue weighted by atomic mass is 10.1. The van der Waals surface area contributed by atoms with Crippen LogP contribution in [-0.2, 0) is 6.18 Å². The van der Waals surface area contributed by atoms with Crippen LogP contribution in [0.1, 0.15) is 5.56 Å². The van der Waals surface area contributed by atoms with Gasteiger partial charge in [0.05, 0.1) is 5.69 Å². The lowest BCUT2D eigenvalue weighted by molar-refractivity contribution is -0.142. The van der Waals surface area contributed by atoms with Crippen molar-refractivity contribution >= 4 is 21.6 Å². The Balaban J connectivity index is 3.37. The average Bonchev–Trinajstić information content (AvgIpc) is 2.08. The number of nitrogen functional groups attached to an aromatic ring is 1. The van der Waals surface area contributed by atoms with E-state index in [1.54, 1.807) is 0 Å². The first-order valence-corrected chi connectivity index (χ1v) is 4.62. The van der Waals surface area contributed by atoms with E-state index < -0.39 is 34.3 Å². The van der Waals surface area contributed by atoms with Gasteiger partial charge in [-0.15, -0.1) is 0 Å². The summed E-state index contributed by atoms with van der Waals surface area (Å²) in [5.41, 5.74) is 3.30. The van der Waals surface area contributed by atoms with Gasteiger partial charge in [0.1, 0.15) is 5.56 Å². The van der Waals surface area contributed by atoms with Crippen molar-refractivity contribution in [1.82, 2.24) is 0 Å². The van der Waals surface area contributed by atoms with E-state index >= 15 is 0 Å². The van der Waals surface area contributed by atoms with Gasteiger partial charge < -0.3 is 10.5 Å². The standard InChI is InChI=1S/C8H5BrF5NO/c9-3-1-2-4(15)6(16-7(10)11)5(3)8(12,13)14/h1-2,7H,15H2. The van der Waals surface area contributed by atoms with Crippen molar-refractivity contribution in [3.05, 3.63) is 22.2 Å². The third-order valence-electron chi connectivity index (χ3n) is 1.63. The fraction of sp³-hybridized carbons (Fsp3) is 0.250. The molecule has 0 saturated carbocycles. The van der Waals surface area contributed by atoms with Crippen LogP contribution >= 0.6 is 15.9 Å². The molecule has 1 rings (SSSR count). The summed E-state index contributed by atoms with van der Waals surface area (Å²) in [5.74, 6) is -1.07. The number of hydrogen-bond acceptors (Lipinski definition) is 2. The van der Waals surface area contributed by atoms with Gasteiger partial charge >= 0.3 is 12.8 Å². The Morgan fingerprint density at radius 2 is 1.81 bits per heavy atom. The van der Waals surface area contributed by atoms with Crippen LogP contribution in [0.3, 0.4) is 0 Å². The number of hydrogen-bond donors (Lipinski definition) is 1. The van der Waals surface area contributed by atoms with E-state index in [1.807, 2.05) is 0 Å². The van der Waals surface area contributed by atoms with E-state index in [2.05, 4.69) is 20.7 Å². The van der Waals surface area contributed by atoms with Gasteiger partial charge in [-0.25, -0.2) is 0 Å². The molecule has 0 aliphatic heterocycles. The van der Waals surface area contributed by atoms with Gasteiger partial charge in [-0.1, -0.05) is 15.9 Å². The molecule has 0 aliphatic carbocycles. The van der Waals surface area contributed by atoms with E-state index in [9.17, 15) is 22.0 Å². The van der Waals surface area contributed by atoms with Gasteiger partial charge in [0.25, 0.3) is 0 Å². The van der Waals surface area contributed by atoms with Crippen molar-refractivity contribution < 1.29 is 26.7 Å². The predicted molar refractivity (Wildman–Crippen MR) is 50.2 cm³/mol. The molecule has 0 bridgehead atoms. The molecule has 1 aromatic carbocycles. The molecule has 0 aliphatic rings. The molecule has 2 nitrogen and oxygen atoms in total. The third-order valence-corrected chi connectivity index (χ3v) is 2.29. The number of rotatable bonds is 2. The first kappa shape index (κ1) is 13.0. The molecular weight excluding hydrogens is 301 g/mol. The maximum absolute atomic E-state index is 12.5. The molecule has 0 aromatic heterocycles. The molecule has 0 unspecified atom stereocenters. The highest BCUT2D eigenvalue weighted by Crippen LogP contribution is 2.44. The molecule has 16 heavy (non-hydrogen) atoms. The van der Waals surface area contributed by atoms with Crippen LogP contribution in [0.25, 0.3) is 0 Å². The van der Waals surface area contributed by atoms with E-state index in [-0.39, 0.29) is 0 Å². The Bertz CT molecular complexity index is 393. The van der Waals surface area contributed by atoms with Crippen molar-refractivity contribution in [2.45, 2.75) is 12.8 Å². The summed E-state index contributed by atoms with van der Waals surface area (Å²) in [6.45, 7) is -3.38. The smallest absolute Gasteiger partial charge is 0.421 e. The van der Waals surface area contributed by atoms with Crippen LogP contribution in [-0.4, -0.2) is 6.61 Å². The Kier molecular flexibility index (Phi) is 3.61. The number of benzene rings is 1.